The molecule has 2 amide bonds. The van der Waals surface area contributed by atoms with Gasteiger partial charge in [0.05, 0.1) is 5.92 Å². The van der Waals surface area contributed by atoms with Crippen LogP contribution >= 0.6 is 12.4 Å². The number of amides is 2. The Morgan fingerprint density at radius 3 is 2.55 bits per heavy atom. The van der Waals surface area contributed by atoms with Crippen LogP contribution in [-0.4, -0.2) is 24.9 Å². The van der Waals surface area contributed by atoms with Gasteiger partial charge >= 0.3 is 0 Å². The Labute approximate surface area is 124 Å². The molecule has 1 aromatic carbocycles. The molecular formula is C14H20ClN3O2. The SMILES string of the molecule is CC(=O)Nc1ccc(CNC(=O)C2CCNC2)cc1.Cl. The van der Waals surface area contributed by atoms with Crippen molar-refractivity contribution in [3.05, 3.63) is 29.8 Å². The summed E-state index contributed by atoms with van der Waals surface area (Å²) in [5.74, 6) is 0.115. The van der Waals surface area contributed by atoms with Gasteiger partial charge in [0.1, 0.15) is 0 Å². The van der Waals surface area contributed by atoms with Gasteiger partial charge in [-0.3, -0.25) is 9.59 Å². The molecule has 0 radical (unpaired) electrons. The van der Waals surface area contributed by atoms with Crippen molar-refractivity contribution in [1.29, 1.82) is 0 Å². The molecule has 5 nitrogen and oxygen atoms in total. The van der Waals surface area contributed by atoms with Crippen LogP contribution in [-0.2, 0) is 16.1 Å². The first kappa shape index (κ1) is 16.5. The molecular weight excluding hydrogens is 278 g/mol. The minimum Gasteiger partial charge on any atom is -0.352 e. The number of carbonyl (C=O) groups is 2. The number of hydrogen-bond donors (Lipinski definition) is 3. The molecule has 1 saturated heterocycles. The highest BCUT2D eigenvalue weighted by molar-refractivity contribution is 5.88. The zero-order valence-corrected chi connectivity index (χ0v) is 12.3. The second kappa shape index (κ2) is 7.87. The molecule has 2 rings (SSSR count). The van der Waals surface area contributed by atoms with Gasteiger partial charge in [-0.15, -0.1) is 12.4 Å². The van der Waals surface area contributed by atoms with Gasteiger partial charge in [-0.1, -0.05) is 12.1 Å². The zero-order chi connectivity index (χ0) is 13.7. The van der Waals surface area contributed by atoms with E-state index >= 15 is 0 Å². The van der Waals surface area contributed by atoms with Gasteiger partial charge in [-0.2, -0.15) is 0 Å². The molecule has 0 spiro atoms. The Kier molecular flexibility index (Phi) is 6.48. The van der Waals surface area contributed by atoms with Gasteiger partial charge < -0.3 is 16.0 Å². The highest BCUT2D eigenvalue weighted by Crippen LogP contribution is 2.11. The molecule has 0 aliphatic carbocycles. The van der Waals surface area contributed by atoms with Crippen LogP contribution in [0.25, 0.3) is 0 Å². The van der Waals surface area contributed by atoms with Crippen molar-refractivity contribution < 1.29 is 9.59 Å². The number of rotatable bonds is 4. The minimum absolute atomic E-state index is 0. The first-order valence-electron chi connectivity index (χ1n) is 6.50. The summed E-state index contributed by atoms with van der Waals surface area (Å²) in [6, 6.07) is 7.47. The Morgan fingerprint density at radius 1 is 1.30 bits per heavy atom. The highest BCUT2D eigenvalue weighted by Gasteiger charge is 2.21. The van der Waals surface area contributed by atoms with Crippen LogP contribution in [0.15, 0.2) is 24.3 Å². The maximum atomic E-state index is 11.8. The summed E-state index contributed by atoms with van der Waals surface area (Å²) >= 11 is 0. The van der Waals surface area contributed by atoms with Crippen LogP contribution in [0.1, 0.15) is 18.9 Å². The fraction of sp³-hybridized carbons (Fsp3) is 0.429. The first-order chi connectivity index (χ1) is 9.15. The van der Waals surface area contributed by atoms with Crippen molar-refractivity contribution in [3.63, 3.8) is 0 Å². The lowest BCUT2D eigenvalue weighted by Crippen LogP contribution is -2.31. The van der Waals surface area contributed by atoms with Crippen molar-refractivity contribution in [2.75, 3.05) is 18.4 Å². The Hall–Kier alpha value is -1.59. The molecule has 1 atom stereocenters. The number of benzene rings is 1. The molecule has 1 unspecified atom stereocenters. The lowest BCUT2D eigenvalue weighted by atomic mass is 10.1. The molecule has 0 saturated carbocycles. The van der Waals surface area contributed by atoms with E-state index in [-0.39, 0.29) is 30.1 Å². The number of hydrogen-bond acceptors (Lipinski definition) is 3. The second-order valence-corrected chi connectivity index (χ2v) is 4.79. The van der Waals surface area contributed by atoms with Crippen molar-refractivity contribution in [2.45, 2.75) is 19.9 Å². The van der Waals surface area contributed by atoms with Crippen molar-refractivity contribution >= 4 is 29.9 Å². The molecule has 1 aliphatic heterocycles. The average molecular weight is 298 g/mol. The van der Waals surface area contributed by atoms with Crippen LogP contribution < -0.4 is 16.0 Å². The smallest absolute Gasteiger partial charge is 0.224 e. The Balaban J connectivity index is 0.00000200. The molecule has 1 aromatic rings. The van der Waals surface area contributed by atoms with E-state index in [0.717, 1.165) is 30.8 Å². The van der Waals surface area contributed by atoms with Gasteiger partial charge in [0.15, 0.2) is 0 Å². The van der Waals surface area contributed by atoms with E-state index < -0.39 is 0 Å². The van der Waals surface area contributed by atoms with Crippen LogP contribution in [0, 0.1) is 5.92 Å². The van der Waals surface area contributed by atoms with Crippen LogP contribution in [0.4, 0.5) is 5.69 Å². The van der Waals surface area contributed by atoms with Gasteiger partial charge in [-0.05, 0) is 30.7 Å². The molecule has 6 heteroatoms. The van der Waals surface area contributed by atoms with Crippen molar-refractivity contribution in [1.82, 2.24) is 10.6 Å². The minimum atomic E-state index is -0.0882. The lowest BCUT2D eigenvalue weighted by Gasteiger charge is -2.10. The standard InChI is InChI=1S/C14H19N3O2.ClH/c1-10(18)17-13-4-2-11(3-5-13)8-16-14(19)12-6-7-15-9-12;/h2-5,12,15H,6-9H2,1H3,(H,16,19)(H,17,18);1H. The number of halogens is 1. The largest absolute Gasteiger partial charge is 0.352 e. The van der Waals surface area contributed by atoms with Crippen molar-refractivity contribution in [3.8, 4) is 0 Å². The molecule has 1 fully saturated rings. The third kappa shape index (κ3) is 4.83. The summed E-state index contributed by atoms with van der Waals surface area (Å²) in [6.45, 7) is 3.69. The van der Waals surface area contributed by atoms with Crippen molar-refractivity contribution in [2.24, 2.45) is 5.92 Å². The quantitative estimate of drug-likeness (QED) is 0.784. The monoisotopic (exact) mass is 297 g/mol. The summed E-state index contributed by atoms with van der Waals surface area (Å²) < 4.78 is 0. The van der Waals surface area contributed by atoms with E-state index in [1.807, 2.05) is 24.3 Å². The van der Waals surface area contributed by atoms with E-state index in [0.29, 0.717) is 6.54 Å². The van der Waals surface area contributed by atoms with Gasteiger partial charge in [-0.25, -0.2) is 0 Å². The van der Waals surface area contributed by atoms with E-state index in [1.165, 1.54) is 6.92 Å². The average Bonchev–Trinajstić information content (AvgIpc) is 2.91. The van der Waals surface area contributed by atoms with Gasteiger partial charge in [0.25, 0.3) is 0 Å². The second-order valence-electron chi connectivity index (χ2n) is 4.79. The normalized spacial score (nSPS) is 17.1. The summed E-state index contributed by atoms with van der Waals surface area (Å²) in [6.07, 6.45) is 0.910. The van der Waals surface area contributed by atoms with Crippen LogP contribution in [0.2, 0.25) is 0 Å². The molecule has 20 heavy (non-hydrogen) atoms. The molecule has 3 N–H and O–H groups in total. The Bertz CT molecular complexity index is 456. The topological polar surface area (TPSA) is 70.2 Å². The maximum Gasteiger partial charge on any atom is 0.224 e. The predicted octanol–water partition coefficient (Wildman–Crippen LogP) is 1.29. The molecule has 1 heterocycles. The highest BCUT2D eigenvalue weighted by atomic mass is 35.5. The number of nitrogens with one attached hydrogen (secondary N) is 3. The third-order valence-electron chi connectivity index (χ3n) is 3.17. The zero-order valence-electron chi connectivity index (χ0n) is 11.4. The predicted molar refractivity (Wildman–Crippen MR) is 80.8 cm³/mol. The molecule has 110 valence electrons. The fourth-order valence-electron chi connectivity index (χ4n) is 2.12. The maximum absolute atomic E-state index is 11.8. The lowest BCUT2D eigenvalue weighted by molar-refractivity contribution is -0.124. The first-order valence-corrected chi connectivity index (χ1v) is 6.50. The van der Waals surface area contributed by atoms with Crippen LogP contribution in [0.3, 0.4) is 0 Å². The molecule has 0 bridgehead atoms. The third-order valence-corrected chi connectivity index (χ3v) is 3.17. The van der Waals surface area contributed by atoms with Gasteiger partial charge in [0, 0.05) is 25.7 Å². The number of anilines is 1. The molecule has 1 aliphatic rings. The van der Waals surface area contributed by atoms with E-state index in [4.69, 9.17) is 0 Å². The van der Waals surface area contributed by atoms with E-state index in [1.54, 1.807) is 0 Å². The Morgan fingerprint density at radius 2 is 2.00 bits per heavy atom. The van der Waals surface area contributed by atoms with Gasteiger partial charge in [0.2, 0.25) is 11.8 Å². The fourth-order valence-corrected chi connectivity index (χ4v) is 2.12. The summed E-state index contributed by atoms with van der Waals surface area (Å²) in [4.78, 5) is 22.7. The molecule has 0 aromatic heterocycles. The van der Waals surface area contributed by atoms with E-state index in [2.05, 4.69) is 16.0 Å². The summed E-state index contributed by atoms with van der Waals surface area (Å²) in [5.41, 5.74) is 1.79. The van der Waals surface area contributed by atoms with E-state index in [9.17, 15) is 9.59 Å². The number of carbonyl (C=O) groups excluding carboxylic acids is 2. The summed E-state index contributed by atoms with van der Waals surface area (Å²) in [5, 5.41) is 8.82. The summed E-state index contributed by atoms with van der Waals surface area (Å²) in [7, 11) is 0. The van der Waals surface area contributed by atoms with Crippen LogP contribution in [0.5, 0.6) is 0 Å².